The fraction of sp³-hybridized carbons (Fsp3) is 0.457. The number of carbonyl (C=O) groups excluding carboxylic acids is 14. The third-order valence-corrected chi connectivity index (χ3v) is 24.1. The molecular formula is C105H137FN20O23. The number of benzene rings is 6. The number of primary amides is 1. The van der Waals surface area contributed by atoms with Crippen LogP contribution in [0.5, 0.6) is 5.75 Å². The summed E-state index contributed by atoms with van der Waals surface area (Å²) < 4.78 is 44.1. The number of hydrogen-bond acceptors (Lipinski definition) is 26. The summed E-state index contributed by atoms with van der Waals surface area (Å²) in [5, 5.41) is 68.5. The summed E-state index contributed by atoms with van der Waals surface area (Å²) in [4.78, 5) is 214. The summed E-state index contributed by atoms with van der Waals surface area (Å²) in [6.07, 6.45) is -0.0652. The minimum absolute atomic E-state index is 0.0249. The standard InChI is InChI=1S/C105H137FN20O23/c1-10-71-56-78(149-43-18-17-40-111-88(130)39-44-145-46-48-147-50-51-148-49-47-146-45-42-112-87(129)36-37-90(132)126-62-76-24-12-11-21-72(76)32-33-74-22-14-16-27-85(74)126)34-35-79(71)73-30-28-69(29-31-73)55-82(97(138)117-81(94(107)135)26-19-20-70-53-64(2)52-65(3)54-70)119-98(139)84(58-91(133)134)118-95(136)66(4)116-99(140)92(67(5)127)122-103(144)105(9,59-75-23-13-15-25-80(75)106)123-100(141)93(68(6)128)121-89(131)61-114-96(137)83(57-86(124-108)125-109)120-102(143)104(7,8)101(142)113-41-38-77-60-110-63-115-77/h11-16,21-25,27-31,34-35,52-54,56,60,63,66-68,81-84,92-93,108,127-128H,10,17-20,26,36-51,55,57-59,61-62,109H2,1-9H3,(H2,107,135)(H,110,115)(H,111,130)(H,112,129)(H,113,142)(H,114,137)(H,116,140)(H,117,138)(H,118,136)(H,119,139)(H,120,143)(H,121,131)(H,122,144)(H,123,141)(H,133,134)/b124-108?,125-86-/t66-,67+,68+,81-,82-,83-,84-,92-,93-,105-/m0/s1. The molecule has 802 valence electrons. The number of unbranched alkanes of at least 4 members (excludes halogenated alkanes) is 1. The molecule has 14 amide bonds. The third kappa shape index (κ3) is 39.5. The number of H-pyrrole nitrogens is 1. The first-order valence-electron chi connectivity index (χ1n) is 49.2. The smallest absolute Gasteiger partial charge is 0.305 e. The second kappa shape index (κ2) is 60.7. The van der Waals surface area contributed by atoms with Gasteiger partial charge in [0.2, 0.25) is 82.7 Å². The molecule has 44 heteroatoms. The van der Waals surface area contributed by atoms with Crippen molar-refractivity contribution in [3.63, 3.8) is 0 Å². The Morgan fingerprint density at radius 2 is 1.17 bits per heavy atom. The number of ether oxygens (including phenoxy) is 5. The van der Waals surface area contributed by atoms with Crippen LogP contribution in [0.15, 0.2) is 156 Å². The molecule has 0 fully saturated rings. The van der Waals surface area contributed by atoms with Gasteiger partial charge < -0.3 is 124 Å². The number of carboxylic acid groups (broad SMARTS) is 1. The lowest BCUT2D eigenvalue weighted by Crippen LogP contribution is -2.66. The normalized spacial score (nSPS) is 13.9. The highest BCUT2D eigenvalue weighted by Gasteiger charge is 2.44. The lowest BCUT2D eigenvalue weighted by Gasteiger charge is -2.34. The van der Waals surface area contributed by atoms with Gasteiger partial charge in [-0.15, -0.1) is 5.11 Å². The molecule has 8 rings (SSSR count). The molecule has 6 aromatic carbocycles. The number of hydrazone groups is 1. The Kier molecular flexibility index (Phi) is 48.5. The minimum Gasteiger partial charge on any atom is -0.494 e. The van der Waals surface area contributed by atoms with Crippen LogP contribution in [-0.4, -0.2) is 265 Å². The summed E-state index contributed by atoms with van der Waals surface area (Å²) in [5.41, 5.74) is 18.9. The molecule has 43 nitrogen and oxygen atoms in total. The monoisotopic (exact) mass is 2070 g/mol. The quantitative estimate of drug-likeness (QED) is 0.00381. The Morgan fingerprint density at radius 3 is 1.82 bits per heavy atom. The third-order valence-electron chi connectivity index (χ3n) is 24.1. The van der Waals surface area contributed by atoms with Crippen molar-refractivity contribution in [1.82, 2.24) is 73.8 Å². The molecule has 0 bridgehead atoms. The van der Waals surface area contributed by atoms with Crippen molar-refractivity contribution in [1.29, 1.82) is 5.53 Å². The van der Waals surface area contributed by atoms with Crippen LogP contribution >= 0.6 is 0 Å². The van der Waals surface area contributed by atoms with E-state index in [1.807, 2.05) is 106 Å². The van der Waals surface area contributed by atoms with E-state index < -0.39 is 174 Å². The largest absolute Gasteiger partial charge is 0.494 e. The average molecular weight is 2070 g/mol. The maximum Gasteiger partial charge on any atom is 0.305 e. The van der Waals surface area contributed by atoms with E-state index in [0.29, 0.717) is 114 Å². The van der Waals surface area contributed by atoms with Gasteiger partial charge in [-0.1, -0.05) is 127 Å². The number of amides is 14. The molecule has 1 aliphatic rings. The fourth-order valence-corrected chi connectivity index (χ4v) is 15.8. The first-order valence-corrected chi connectivity index (χ1v) is 49.2. The number of nitrogens with two attached hydrogens (primary N) is 2. The van der Waals surface area contributed by atoms with E-state index >= 15 is 4.39 Å². The molecular weight excluding hydrogens is 1930 g/mol. The number of aromatic nitrogens is 2. The highest BCUT2D eigenvalue weighted by atomic mass is 19.1. The van der Waals surface area contributed by atoms with Crippen molar-refractivity contribution >= 4 is 100 Å². The van der Waals surface area contributed by atoms with Gasteiger partial charge in [0.15, 0.2) is 5.84 Å². The maximum atomic E-state index is 15.6. The molecule has 0 saturated carbocycles. The summed E-state index contributed by atoms with van der Waals surface area (Å²) in [6, 6.07) is 26.5. The number of aliphatic hydroxyl groups is 2. The molecule has 2 heterocycles. The van der Waals surface area contributed by atoms with Crippen LogP contribution in [-0.2, 0) is 130 Å². The zero-order chi connectivity index (χ0) is 109. The molecule has 0 aliphatic carbocycles. The number of halogens is 1. The molecule has 1 aromatic heterocycles. The van der Waals surface area contributed by atoms with Gasteiger partial charge in [0.25, 0.3) is 0 Å². The number of aliphatic carboxylic acids is 1. The maximum absolute atomic E-state index is 15.6. The average Bonchev–Trinajstić information content (AvgIpc) is 1.81. The van der Waals surface area contributed by atoms with Crippen LogP contribution in [0.1, 0.15) is 162 Å². The zero-order valence-corrected chi connectivity index (χ0v) is 85.2. The minimum atomic E-state index is -2.39. The number of aromatic amines is 1. The van der Waals surface area contributed by atoms with Crippen molar-refractivity contribution in [2.45, 2.75) is 219 Å². The van der Waals surface area contributed by atoms with Gasteiger partial charge in [0, 0.05) is 87.6 Å². The van der Waals surface area contributed by atoms with E-state index in [-0.39, 0.29) is 88.3 Å². The van der Waals surface area contributed by atoms with Gasteiger partial charge in [-0.2, -0.15) is 5.10 Å². The Morgan fingerprint density at radius 1 is 0.557 bits per heavy atom. The number of carbonyl (C=O) groups is 15. The first-order chi connectivity index (χ1) is 71.2. The Balaban J connectivity index is 0.798. The summed E-state index contributed by atoms with van der Waals surface area (Å²) in [5.74, 6) is -3.35. The number of nitrogens with zero attached hydrogens (tertiary/aromatic N) is 4. The van der Waals surface area contributed by atoms with Crippen molar-refractivity contribution in [3.8, 4) is 28.7 Å². The van der Waals surface area contributed by atoms with E-state index in [1.54, 1.807) is 35.4 Å². The molecule has 0 radical (unpaired) electrons. The van der Waals surface area contributed by atoms with Crippen LogP contribution in [0.4, 0.5) is 10.1 Å². The molecule has 7 aromatic rings. The number of para-hydroxylation sites is 1. The number of fused-ring (bicyclic) bond motifs is 2. The van der Waals surface area contributed by atoms with Gasteiger partial charge in [-0.3, -0.25) is 71.9 Å². The number of nitrogens with one attached hydrogen (secondary N) is 14. The van der Waals surface area contributed by atoms with Crippen molar-refractivity contribution in [3.05, 3.63) is 208 Å². The Bertz CT molecular complexity index is 5830. The van der Waals surface area contributed by atoms with Gasteiger partial charge in [0.1, 0.15) is 64.8 Å². The number of imidazole rings is 1. The SMILES string of the molecule is CCc1cc(OCCCCNC(=O)CCOCCOCCOCCOCCNC(=O)CCC(=O)N2Cc3ccccc3C#Cc3ccccc32)ccc1-c1ccc(C[C@H](NC(=O)[C@H](CC(=O)O)NC(=O)[C@H](C)NC(=O)[C@@H](NC(=O)[C@](C)(Cc2ccccc2F)NC(=O)[C@@H](NC(=O)CNC(=O)[C@H](C/C(N=N)=N/N)NC(=O)C(C)(C)C(=O)NCCc2cnc[nH]2)[C@@H](C)O)[C@@H](C)O)C(=O)N[C@@H](CCCc2cc(C)cc(C)c2)C(N)=O)cc1. The van der Waals surface area contributed by atoms with Gasteiger partial charge in [-0.25, -0.2) is 14.9 Å². The van der Waals surface area contributed by atoms with E-state index in [9.17, 15) is 87.2 Å². The van der Waals surface area contributed by atoms with Crippen molar-refractivity contribution in [2.24, 2.45) is 27.2 Å². The van der Waals surface area contributed by atoms with E-state index in [2.05, 4.69) is 95.8 Å². The summed E-state index contributed by atoms with van der Waals surface area (Å²) in [7, 11) is 0. The summed E-state index contributed by atoms with van der Waals surface area (Å²) >= 11 is 0. The second-order valence-corrected chi connectivity index (χ2v) is 36.6. The molecule has 0 spiro atoms. The summed E-state index contributed by atoms with van der Waals surface area (Å²) in [6.45, 7) is 15.5. The highest BCUT2D eigenvalue weighted by molar-refractivity contribution is 6.07. The number of amidine groups is 1. The van der Waals surface area contributed by atoms with Crippen molar-refractivity contribution < 1.29 is 115 Å². The van der Waals surface area contributed by atoms with Crippen LogP contribution in [0.3, 0.4) is 0 Å². The van der Waals surface area contributed by atoms with Crippen LogP contribution in [0.25, 0.3) is 11.1 Å². The molecule has 21 N–H and O–H groups in total. The van der Waals surface area contributed by atoms with Gasteiger partial charge >= 0.3 is 5.97 Å². The molecule has 0 unspecified atom stereocenters. The van der Waals surface area contributed by atoms with E-state index in [0.717, 1.165) is 83.8 Å². The number of hydrogen-bond donors (Lipinski definition) is 19. The lowest BCUT2D eigenvalue weighted by molar-refractivity contribution is -0.143. The van der Waals surface area contributed by atoms with Gasteiger partial charge in [0.05, 0.1) is 103 Å². The number of carboxylic acids is 1. The fourth-order valence-electron chi connectivity index (χ4n) is 15.8. The Labute approximate surface area is 863 Å². The Hall–Kier alpha value is -15.3. The van der Waals surface area contributed by atoms with E-state index in [1.165, 1.54) is 38.4 Å². The van der Waals surface area contributed by atoms with Crippen LogP contribution in [0.2, 0.25) is 0 Å². The van der Waals surface area contributed by atoms with E-state index in [4.69, 9.17) is 40.8 Å². The molecule has 149 heavy (non-hydrogen) atoms. The number of rotatable bonds is 63. The number of aliphatic hydroxyl groups excluding tert-OH is 2. The molecule has 10 atom stereocenters. The molecule has 0 saturated heterocycles. The highest BCUT2D eigenvalue weighted by Crippen LogP contribution is 2.31. The molecule has 1 aliphatic heterocycles. The number of aryl methyl sites for hydroxylation is 4. The predicted molar refractivity (Wildman–Crippen MR) is 546 cm³/mol. The number of anilines is 1. The first kappa shape index (κ1) is 119. The van der Waals surface area contributed by atoms with Crippen LogP contribution in [0, 0.1) is 42.5 Å². The lowest BCUT2D eigenvalue weighted by atomic mass is 9.90. The predicted octanol–water partition coefficient (Wildman–Crippen LogP) is 2.98. The second-order valence-electron chi connectivity index (χ2n) is 36.6. The van der Waals surface area contributed by atoms with Gasteiger partial charge in [-0.05, 0) is 169 Å². The zero-order valence-electron chi connectivity index (χ0n) is 85.2. The van der Waals surface area contributed by atoms with Crippen molar-refractivity contribution in [2.75, 3.05) is 90.5 Å². The topological polar surface area (TPSA) is 640 Å². The van der Waals surface area contributed by atoms with Crippen LogP contribution < -0.4 is 85.0 Å².